The zero-order valence-electron chi connectivity index (χ0n) is 13.3. The first-order chi connectivity index (χ1) is 9.56. The van der Waals surface area contributed by atoms with Gasteiger partial charge in [0.2, 0.25) is 0 Å². The fraction of sp³-hybridized carbons (Fsp3) is 0.647. The average Bonchev–Trinajstić information content (AvgIpc) is 2.88. The van der Waals surface area contributed by atoms with Crippen molar-refractivity contribution in [3.63, 3.8) is 0 Å². The maximum Gasteiger partial charge on any atom is 0.125 e. The molecule has 0 heterocycles. The number of halogens is 1. The molecule has 0 aliphatic heterocycles. The van der Waals surface area contributed by atoms with Gasteiger partial charge >= 0.3 is 0 Å². The van der Waals surface area contributed by atoms with Crippen molar-refractivity contribution in [3.8, 4) is 5.75 Å². The van der Waals surface area contributed by atoms with E-state index < -0.39 is 6.10 Å². The van der Waals surface area contributed by atoms with Gasteiger partial charge in [-0.25, -0.2) is 0 Å². The van der Waals surface area contributed by atoms with Crippen LogP contribution >= 0.6 is 12.4 Å². The second-order valence-electron chi connectivity index (χ2n) is 6.08. The molecule has 1 atom stereocenters. The second kappa shape index (κ2) is 8.62. The van der Waals surface area contributed by atoms with Gasteiger partial charge in [0.05, 0.1) is 0 Å². The Morgan fingerprint density at radius 3 is 2.33 bits per heavy atom. The quantitative estimate of drug-likeness (QED) is 0.846. The van der Waals surface area contributed by atoms with Gasteiger partial charge < -0.3 is 15.2 Å². The summed E-state index contributed by atoms with van der Waals surface area (Å²) in [6, 6.07) is 4.82. The third kappa shape index (κ3) is 5.50. The maximum atomic E-state index is 10.0. The highest BCUT2D eigenvalue weighted by Crippen LogP contribution is 2.24. The standard InChI is InChI=1S/C17H27NO2.ClH/c1-12-8-13(2)17(14(3)9-12)20-11-16(19)10-18-15-6-4-5-7-15;/h8-9,15-16,18-19H,4-7,10-11H2,1-3H3;1H. The first kappa shape index (κ1) is 18.3. The van der Waals surface area contributed by atoms with Gasteiger partial charge in [-0.2, -0.15) is 0 Å². The van der Waals surface area contributed by atoms with Crippen LogP contribution in [-0.2, 0) is 0 Å². The molecule has 1 fully saturated rings. The van der Waals surface area contributed by atoms with E-state index in [1.807, 2.05) is 0 Å². The lowest BCUT2D eigenvalue weighted by atomic mass is 10.1. The fourth-order valence-electron chi connectivity index (χ4n) is 3.07. The van der Waals surface area contributed by atoms with Crippen LogP contribution in [0.25, 0.3) is 0 Å². The lowest BCUT2D eigenvalue weighted by molar-refractivity contribution is 0.103. The minimum absolute atomic E-state index is 0. The summed E-state index contributed by atoms with van der Waals surface area (Å²) in [5, 5.41) is 13.4. The van der Waals surface area contributed by atoms with E-state index in [4.69, 9.17) is 4.74 Å². The molecule has 2 N–H and O–H groups in total. The summed E-state index contributed by atoms with van der Waals surface area (Å²) in [6.45, 7) is 7.17. The average molecular weight is 314 g/mol. The predicted octanol–water partition coefficient (Wildman–Crippen LogP) is 3.31. The van der Waals surface area contributed by atoms with Crippen molar-refractivity contribution in [1.29, 1.82) is 0 Å². The third-order valence-corrected chi connectivity index (χ3v) is 4.02. The van der Waals surface area contributed by atoms with Crippen LogP contribution in [0.3, 0.4) is 0 Å². The Kier molecular flexibility index (Phi) is 7.50. The van der Waals surface area contributed by atoms with E-state index in [0.717, 1.165) is 16.9 Å². The molecule has 1 aromatic carbocycles. The van der Waals surface area contributed by atoms with Crippen LogP contribution in [0, 0.1) is 20.8 Å². The Morgan fingerprint density at radius 1 is 1.19 bits per heavy atom. The Hall–Kier alpha value is -0.770. The molecule has 0 saturated heterocycles. The zero-order valence-corrected chi connectivity index (χ0v) is 14.1. The normalized spacial score (nSPS) is 16.6. The molecule has 0 aromatic heterocycles. The van der Waals surface area contributed by atoms with Gasteiger partial charge in [0.1, 0.15) is 18.5 Å². The highest BCUT2D eigenvalue weighted by molar-refractivity contribution is 5.85. The van der Waals surface area contributed by atoms with Crippen molar-refractivity contribution in [2.24, 2.45) is 0 Å². The Bertz CT molecular complexity index is 421. The largest absolute Gasteiger partial charge is 0.490 e. The monoisotopic (exact) mass is 313 g/mol. The molecule has 0 radical (unpaired) electrons. The SMILES string of the molecule is Cc1cc(C)c(OCC(O)CNC2CCCC2)c(C)c1.Cl. The molecular formula is C17H28ClNO2. The second-order valence-corrected chi connectivity index (χ2v) is 6.08. The van der Waals surface area contributed by atoms with Gasteiger partial charge in [0.15, 0.2) is 0 Å². The van der Waals surface area contributed by atoms with E-state index >= 15 is 0 Å². The van der Waals surface area contributed by atoms with Crippen LogP contribution in [0.2, 0.25) is 0 Å². The lowest BCUT2D eigenvalue weighted by Gasteiger charge is -2.18. The number of hydrogen-bond acceptors (Lipinski definition) is 3. The van der Waals surface area contributed by atoms with Crippen molar-refractivity contribution in [3.05, 3.63) is 28.8 Å². The minimum Gasteiger partial charge on any atom is -0.490 e. The first-order valence-corrected chi connectivity index (χ1v) is 7.68. The minimum atomic E-state index is -0.448. The number of ether oxygens (including phenoxy) is 1. The van der Waals surface area contributed by atoms with Crippen LogP contribution in [0.15, 0.2) is 12.1 Å². The summed E-state index contributed by atoms with van der Waals surface area (Å²) in [6.07, 6.45) is 4.65. The molecule has 3 nitrogen and oxygen atoms in total. The van der Waals surface area contributed by atoms with E-state index in [1.165, 1.54) is 31.2 Å². The van der Waals surface area contributed by atoms with Crippen molar-refractivity contribution in [2.75, 3.05) is 13.2 Å². The van der Waals surface area contributed by atoms with Crippen LogP contribution in [0.5, 0.6) is 5.75 Å². The van der Waals surface area contributed by atoms with Gasteiger partial charge in [0, 0.05) is 12.6 Å². The first-order valence-electron chi connectivity index (χ1n) is 7.68. The number of aliphatic hydroxyl groups is 1. The van der Waals surface area contributed by atoms with Crippen LogP contribution in [-0.4, -0.2) is 30.4 Å². The molecule has 4 heteroatoms. The molecule has 0 bridgehead atoms. The third-order valence-electron chi connectivity index (χ3n) is 4.02. The Labute approximate surface area is 134 Å². The number of aryl methyl sites for hydroxylation is 3. The predicted molar refractivity (Wildman–Crippen MR) is 89.7 cm³/mol. The highest BCUT2D eigenvalue weighted by Gasteiger charge is 2.16. The van der Waals surface area contributed by atoms with E-state index in [-0.39, 0.29) is 12.4 Å². The van der Waals surface area contributed by atoms with Gasteiger partial charge in [-0.3, -0.25) is 0 Å². The molecule has 1 aliphatic rings. The summed E-state index contributed by atoms with van der Waals surface area (Å²) < 4.78 is 5.81. The number of nitrogens with one attached hydrogen (secondary N) is 1. The molecule has 0 spiro atoms. The summed E-state index contributed by atoms with van der Waals surface area (Å²) in [4.78, 5) is 0. The van der Waals surface area contributed by atoms with E-state index in [0.29, 0.717) is 19.2 Å². The zero-order chi connectivity index (χ0) is 14.5. The summed E-state index contributed by atoms with van der Waals surface area (Å²) in [7, 11) is 0. The molecule has 120 valence electrons. The summed E-state index contributed by atoms with van der Waals surface area (Å²) in [5.41, 5.74) is 3.52. The van der Waals surface area contributed by atoms with Crippen molar-refractivity contribution in [1.82, 2.24) is 5.32 Å². The van der Waals surface area contributed by atoms with Gasteiger partial charge in [-0.15, -0.1) is 12.4 Å². The van der Waals surface area contributed by atoms with Crippen LogP contribution in [0.1, 0.15) is 42.4 Å². The highest BCUT2D eigenvalue weighted by atomic mass is 35.5. The van der Waals surface area contributed by atoms with E-state index in [1.54, 1.807) is 0 Å². The molecule has 1 aromatic rings. The number of rotatable bonds is 6. The van der Waals surface area contributed by atoms with Crippen molar-refractivity contribution in [2.45, 2.75) is 58.6 Å². The fourth-order valence-corrected chi connectivity index (χ4v) is 3.07. The molecule has 0 amide bonds. The maximum absolute atomic E-state index is 10.0. The Balaban J connectivity index is 0.00000220. The topological polar surface area (TPSA) is 41.5 Å². The molecule has 1 aliphatic carbocycles. The summed E-state index contributed by atoms with van der Waals surface area (Å²) >= 11 is 0. The van der Waals surface area contributed by atoms with Gasteiger partial charge in [-0.05, 0) is 44.7 Å². The molecule has 1 unspecified atom stereocenters. The molecule has 21 heavy (non-hydrogen) atoms. The lowest BCUT2D eigenvalue weighted by Crippen LogP contribution is -2.36. The number of hydrogen-bond donors (Lipinski definition) is 2. The van der Waals surface area contributed by atoms with Gasteiger partial charge in [0.25, 0.3) is 0 Å². The molecule has 2 rings (SSSR count). The smallest absolute Gasteiger partial charge is 0.125 e. The van der Waals surface area contributed by atoms with Crippen molar-refractivity contribution < 1.29 is 9.84 Å². The Morgan fingerprint density at radius 2 is 1.76 bits per heavy atom. The molecular weight excluding hydrogens is 286 g/mol. The van der Waals surface area contributed by atoms with E-state index in [9.17, 15) is 5.11 Å². The van der Waals surface area contributed by atoms with Crippen molar-refractivity contribution >= 4 is 12.4 Å². The van der Waals surface area contributed by atoms with Crippen LogP contribution in [0.4, 0.5) is 0 Å². The number of aliphatic hydroxyl groups excluding tert-OH is 1. The van der Waals surface area contributed by atoms with E-state index in [2.05, 4.69) is 38.2 Å². The molecule has 1 saturated carbocycles. The van der Waals surface area contributed by atoms with Crippen LogP contribution < -0.4 is 10.1 Å². The summed E-state index contributed by atoms with van der Waals surface area (Å²) in [5.74, 6) is 0.913. The van der Waals surface area contributed by atoms with Gasteiger partial charge in [-0.1, -0.05) is 30.5 Å². The number of benzene rings is 1.